The predicted molar refractivity (Wildman–Crippen MR) is 114 cm³/mol. The molecule has 156 valence electrons. The van der Waals surface area contributed by atoms with Crippen LogP contribution < -0.4 is 0 Å². The molecule has 3 atom stereocenters. The minimum Gasteiger partial charge on any atom is -0.469 e. The number of carbonyl (C=O) groups excluding carboxylic acids is 1. The van der Waals surface area contributed by atoms with Crippen LogP contribution in [0, 0.1) is 12.8 Å². The molecule has 0 saturated carbocycles. The average molecular weight is 426 g/mol. The maximum Gasteiger partial charge on any atom is 0.311 e. The summed E-state index contributed by atoms with van der Waals surface area (Å²) in [5, 5.41) is 0.748. The van der Waals surface area contributed by atoms with Crippen molar-refractivity contribution < 1.29 is 22.7 Å². The number of para-hydroxylation sites is 1. The number of aryl methyl sites for hydroxylation is 1. The van der Waals surface area contributed by atoms with Crippen LogP contribution in [-0.2, 0) is 24.3 Å². The number of nitrogens with zero attached hydrogens (tertiary/aromatic N) is 1. The van der Waals surface area contributed by atoms with Crippen molar-refractivity contribution in [2.24, 2.45) is 5.92 Å². The molecule has 4 rings (SSSR count). The predicted octanol–water partition coefficient (Wildman–Crippen LogP) is 3.99. The minimum absolute atomic E-state index is 0.170. The first-order valence-corrected chi connectivity index (χ1v) is 11.1. The molecule has 3 aromatic rings. The van der Waals surface area contributed by atoms with Gasteiger partial charge in [0.2, 0.25) is 0 Å². The third kappa shape index (κ3) is 3.34. The van der Waals surface area contributed by atoms with Gasteiger partial charge in [-0.05, 0) is 37.6 Å². The van der Waals surface area contributed by atoms with Gasteiger partial charge in [0.15, 0.2) is 0 Å². The molecule has 0 bridgehead atoms. The van der Waals surface area contributed by atoms with Gasteiger partial charge in [0.25, 0.3) is 10.0 Å². The zero-order chi connectivity index (χ0) is 21.5. The molecule has 1 aromatic heterocycles. The summed E-state index contributed by atoms with van der Waals surface area (Å²) in [5.41, 5.74) is 1.89. The number of aromatic nitrogens is 1. The lowest BCUT2D eigenvalue weighted by Gasteiger charge is -2.20. The summed E-state index contributed by atoms with van der Waals surface area (Å²) >= 11 is 0. The maximum atomic E-state index is 13.7. The second kappa shape index (κ2) is 7.74. The average Bonchev–Trinajstić information content (AvgIpc) is 3.35. The smallest absolute Gasteiger partial charge is 0.311 e. The van der Waals surface area contributed by atoms with Crippen LogP contribution in [-0.4, -0.2) is 31.6 Å². The van der Waals surface area contributed by atoms with E-state index in [4.69, 9.17) is 9.47 Å². The molecular formula is C23H23NO5S. The molecule has 1 fully saturated rings. The maximum absolute atomic E-state index is 13.7. The van der Waals surface area contributed by atoms with Crippen molar-refractivity contribution in [3.8, 4) is 0 Å². The summed E-state index contributed by atoms with van der Waals surface area (Å²) in [6.45, 7) is 5.66. The van der Waals surface area contributed by atoms with Gasteiger partial charge in [-0.15, -0.1) is 6.58 Å². The third-order valence-electron chi connectivity index (χ3n) is 5.48. The first-order chi connectivity index (χ1) is 14.4. The fraction of sp³-hybridized carbons (Fsp3) is 0.261. The quantitative estimate of drug-likeness (QED) is 0.456. The number of benzene rings is 2. The highest BCUT2D eigenvalue weighted by atomic mass is 32.2. The Morgan fingerprint density at radius 1 is 1.20 bits per heavy atom. The topological polar surface area (TPSA) is 74.6 Å². The Morgan fingerprint density at radius 2 is 1.90 bits per heavy atom. The number of esters is 1. The fourth-order valence-electron chi connectivity index (χ4n) is 3.94. The number of hydrogen-bond acceptors (Lipinski definition) is 5. The molecule has 7 heteroatoms. The molecule has 2 heterocycles. The van der Waals surface area contributed by atoms with E-state index in [1.807, 2.05) is 19.1 Å². The molecule has 0 N–H and O–H groups in total. The van der Waals surface area contributed by atoms with Crippen LogP contribution in [0.4, 0.5) is 0 Å². The zero-order valence-electron chi connectivity index (χ0n) is 16.8. The van der Waals surface area contributed by atoms with E-state index in [0.717, 1.165) is 10.9 Å². The van der Waals surface area contributed by atoms with Crippen molar-refractivity contribution in [3.63, 3.8) is 0 Å². The van der Waals surface area contributed by atoms with Crippen molar-refractivity contribution >= 4 is 26.9 Å². The van der Waals surface area contributed by atoms with Crippen LogP contribution in [0.2, 0.25) is 0 Å². The van der Waals surface area contributed by atoms with E-state index >= 15 is 0 Å². The fourth-order valence-corrected chi connectivity index (χ4v) is 5.49. The van der Waals surface area contributed by atoms with Crippen LogP contribution >= 0.6 is 0 Å². The summed E-state index contributed by atoms with van der Waals surface area (Å²) in [7, 11) is -2.61. The molecule has 1 aliphatic rings. The van der Waals surface area contributed by atoms with E-state index in [0.29, 0.717) is 17.6 Å². The van der Waals surface area contributed by atoms with Gasteiger partial charge in [-0.3, -0.25) is 4.79 Å². The van der Waals surface area contributed by atoms with E-state index < -0.39 is 28.0 Å². The Hall–Kier alpha value is -2.90. The van der Waals surface area contributed by atoms with E-state index in [1.54, 1.807) is 48.5 Å². The van der Waals surface area contributed by atoms with E-state index in [-0.39, 0.29) is 11.0 Å². The van der Waals surface area contributed by atoms with E-state index in [2.05, 4.69) is 6.58 Å². The molecule has 30 heavy (non-hydrogen) atoms. The number of hydrogen-bond donors (Lipinski definition) is 0. The molecule has 1 saturated heterocycles. The monoisotopic (exact) mass is 425 g/mol. The first kappa shape index (κ1) is 20.4. The third-order valence-corrected chi connectivity index (χ3v) is 7.24. The Bertz CT molecular complexity index is 1210. The first-order valence-electron chi connectivity index (χ1n) is 9.65. The highest BCUT2D eigenvalue weighted by Crippen LogP contribution is 2.42. The Kier molecular flexibility index (Phi) is 5.26. The lowest BCUT2D eigenvalue weighted by Crippen LogP contribution is -2.24. The summed E-state index contributed by atoms with van der Waals surface area (Å²) in [5.74, 6) is -1.07. The highest BCUT2D eigenvalue weighted by Gasteiger charge is 2.43. The van der Waals surface area contributed by atoms with Crippen molar-refractivity contribution in [2.45, 2.75) is 30.4 Å². The van der Waals surface area contributed by atoms with Crippen LogP contribution in [0.3, 0.4) is 0 Å². The summed E-state index contributed by atoms with van der Waals surface area (Å²) < 4.78 is 39.6. The van der Waals surface area contributed by atoms with Gasteiger partial charge in [0.1, 0.15) is 6.10 Å². The summed E-state index contributed by atoms with van der Waals surface area (Å²) in [4.78, 5) is 12.6. The van der Waals surface area contributed by atoms with Crippen LogP contribution in [0.15, 0.2) is 72.1 Å². The van der Waals surface area contributed by atoms with Gasteiger partial charge < -0.3 is 9.47 Å². The van der Waals surface area contributed by atoms with Crippen LogP contribution in [0.5, 0.6) is 0 Å². The molecule has 6 nitrogen and oxygen atoms in total. The molecule has 0 unspecified atom stereocenters. The van der Waals surface area contributed by atoms with Crippen molar-refractivity contribution in [1.29, 1.82) is 0 Å². The van der Waals surface area contributed by atoms with Gasteiger partial charge in [0.05, 0.1) is 35.2 Å². The standard InChI is InChI=1S/C23H23NO5S/c1-4-17-14-19(23(25)28-3)22(29-17)21-13-16-7-5-6-8-20(16)24(21)30(26,27)18-11-9-15(2)10-12-18/h4-13,17,19,22H,1,14H2,2-3H3/t17-,19-,22-/m0/s1. The highest BCUT2D eigenvalue weighted by molar-refractivity contribution is 7.90. The molecule has 0 amide bonds. The Balaban J connectivity index is 1.94. The number of methoxy groups -OCH3 is 1. The lowest BCUT2D eigenvalue weighted by atomic mass is 9.97. The number of rotatable bonds is 5. The second-order valence-corrected chi connectivity index (χ2v) is 9.19. The molecule has 0 spiro atoms. The van der Waals surface area contributed by atoms with Gasteiger partial charge >= 0.3 is 5.97 Å². The van der Waals surface area contributed by atoms with Gasteiger partial charge in [0, 0.05) is 5.39 Å². The molecule has 0 radical (unpaired) electrons. The molecular weight excluding hydrogens is 402 g/mol. The van der Waals surface area contributed by atoms with Crippen LogP contribution in [0.25, 0.3) is 10.9 Å². The lowest BCUT2D eigenvalue weighted by molar-refractivity contribution is -0.147. The van der Waals surface area contributed by atoms with Gasteiger partial charge in [-0.25, -0.2) is 12.4 Å². The molecule has 0 aliphatic carbocycles. The number of ether oxygens (including phenoxy) is 2. The molecule has 2 aromatic carbocycles. The van der Waals surface area contributed by atoms with E-state index in [1.165, 1.54) is 11.1 Å². The van der Waals surface area contributed by atoms with Crippen molar-refractivity contribution in [1.82, 2.24) is 3.97 Å². The second-order valence-electron chi connectivity index (χ2n) is 7.41. The zero-order valence-corrected chi connectivity index (χ0v) is 17.6. The van der Waals surface area contributed by atoms with E-state index in [9.17, 15) is 13.2 Å². The van der Waals surface area contributed by atoms with Crippen molar-refractivity contribution in [2.75, 3.05) is 7.11 Å². The largest absolute Gasteiger partial charge is 0.469 e. The summed E-state index contributed by atoms with van der Waals surface area (Å²) in [6, 6.07) is 15.7. The normalized spacial score (nSPS) is 21.6. The number of carbonyl (C=O) groups is 1. The van der Waals surface area contributed by atoms with Crippen LogP contribution in [0.1, 0.15) is 23.8 Å². The Labute approximate surface area is 175 Å². The number of fused-ring (bicyclic) bond motifs is 1. The SMILES string of the molecule is C=C[C@H]1C[C@H](C(=O)OC)[C@@H](c2cc3ccccc3n2S(=O)(=O)c2ccc(C)cc2)O1. The van der Waals surface area contributed by atoms with Gasteiger partial charge in [-0.1, -0.05) is 42.0 Å². The van der Waals surface area contributed by atoms with Gasteiger partial charge in [-0.2, -0.15) is 0 Å². The Morgan fingerprint density at radius 3 is 2.57 bits per heavy atom. The minimum atomic E-state index is -3.93. The summed E-state index contributed by atoms with van der Waals surface area (Å²) in [6.07, 6.45) is 0.866. The van der Waals surface area contributed by atoms with Crippen molar-refractivity contribution in [3.05, 3.63) is 78.5 Å². The molecule has 1 aliphatic heterocycles.